The smallest absolute Gasteiger partial charge is 0.0645 e. The molecule has 1 aromatic heterocycles. The lowest BCUT2D eigenvalue weighted by molar-refractivity contribution is 0.0444. The topological polar surface area (TPSA) is 41.3 Å². The molecule has 112 valence electrons. The molecule has 1 aromatic carbocycles. The summed E-state index contributed by atoms with van der Waals surface area (Å²) < 4.78 is 1.92. The first-order valence-corrected chi connectivity index (χ1v) is 7.66. The number of para-hydroxylation sites is 1. The quantitative estimate of drug-likeness (QED) is 0.942. The molecule has 1 atom stereocenters. The summed E-state index contributed by atoms with van der Waals surface area (Å²) in [6.07, 6.45) is 6.83. The Morgan fingerprint density at radius 1 is 1.19 bits per heavy atom. The minimum atomic E-state index is -0.497. The van der Waals surface area contributed by atoms with Crippen molar-refractivity contribution in [3.8, 4) is 5.69 Å². The van der Waals surface area contributed by atoms with Crippen LogP contribution in [0.5, 0.6) is 0 Å². The standard InChI is InChI=1S/C17H23N3O/c1-17(21)8-5-10-19(11-9-17)13-15-12-18-20(14-15)16-6-3-2-4-7-16/h2-4,6-7,12,14,21H,5,8-11,13H2,1H3. The lowest BCUT2D eigenvalue weighted by atomic mass is 9.98. The van der Waals surface area contributed by atoms with Crippen LogP contribution >= 0.6 is 0 Å². The first-order chi connectivity index (χ1) is 10.1. The number of aromatic nitrogens is 2. The third-order valence-corrected chi connectivity index (χ3v) is 4.22. The molecule has 4 nitrogen and oxygen atoms in total. The molecule has 0 saturated carbocycles. The van der Waals surface area contributed by atoms with E-state index in [1.54, 1.807) is 0 Å². The van der Waals surface area contributed by atoms with Crippen LogP contribution in [0.15, 0.2) is 42.7 Å². The Kier molecular flexibility index (Phi) is 4.08. The first-order valence-electron chi connectivity index (χ1n) is 7.66. The summed E-state index contributed by atoms with van der Waals surface area (Å²) in [4.78, 5) is 2.41. The SMILES string of the molecule is CC1(O)CCCN(Cc2cnn(-c3ccccc3)c2)CC1. The predicted octanol–water partition coefficient (Wildman–Crippen LogP) is 2.61. The van der Waals surface area contributed by atoms with E-state index in [-0.39, 0.29) is 0 Å². The number of aliphatic hydroxyl groups is 1. The van der Waals surface area contributed by atoms with Crippen molar-refractivity contribution in [3.63, 3.8) is 0 Å². The van der Waals surface area contributed by atoms with Gasteiger partial charge in [0.15, 0.2) is 0 Å². The maximum Gasteiger partial charge on any atom is 0.0645 e. The van der Waals surface area contributed by atoms with Gasteiger partial charge in [0.2, 0.25) is 0 Å². The Labute approximate surface area is 126 Å². The summed E-state index contributed by atoms with van der Waals surface area (Å²) in [6.45, 7) is 4.85. The van der Waals surface area contributed by atoms with E-state index in [9.17, 15) is 5.11 Å². The second kappa shape index (κ2) is 6.00. The minimum absolute atomic E-state index is 0.497. The second-order valence-corrected chi connectivity index (χ2v) is 6.26. The van der Waals surface area contributed by atoms with Crippen molar-refractivity contribution < 1.29 is 5.11 Å². The molecule has 0 amide bonds. The average Bonchev–Trinajstić information content (AvgIpc) is 2.87. The molecule has 1 aliphatic rings. The molecule has 21 heavy (non-hydrogen) atoms. The van der Waals surface area contributed by atoms with Gasteiger partial charge in [0.1, 0.15) is 0 Å². The number of rotatable bonds is 3. The number of benzene rings is 1. The van der Waals surface area contributed by atoms with E-state index in [2.05, 4.69) is 28.3 Å². The highest BCUT2D eigenvalue weighted by molar-refractivity contribution is 5.30. The van der Waals surface area contributed by atoms with Gasteiger partial charge in [-0.1, -0.05) is 18.2 Å². The molecule has 1 aliphatic heterocycles. The van der Waals surface area contributed by atoms with Gasteiger partial charge in [-0.25, -0.2) is 4.68 Å². The molecule has 0 bridgehead atoms. The Hall–Kier alpha value is -1.65. The van der Waals surface area contributed by atoms with E-state index >= 15 is 0 Å². The molecular formula is C17H23N3O. The molecule has 1 N–H and O–H groups in total. The third-order valence-electron chi connectivity index (χ3n) is 4.22. The highest BCUT2D eigenvalue weighted by Gasteiger charge is 2.24. The van der Waals surface area contributed by atoms with Crippen molar-refractivity contribution in [2.45, 2.75) is 38.3 Å². The zero-order chi connectivity index (χ0) is 14.7. The van der Waals surface area contributed by atoms with Crippen molar-refractivity contribution in [1.29, 1.82) is 0 Å². The first kappa shape index (κ1) is 14.3. The van der Waals surface area contributed by atoms with Crippen LogP contribution in [0.25, 0.3) is 5.69 Å². The Balaban J connectivity index is 1.65. The number of likely N-dealkylation sites (tertiary alicyclic amines) is 1. The van der Waals surface area contributed by atoms with Crippen molar-refractivity contribution in [2.75, 3.05) is 13.1 Å². The zero-order valence-corrected chi connectivity index (χ0v) is 12.6. The van der Waals surface area contributed by atoms with Crippen molar-refractivity contribution >= 4 is 0 Å². The summed E-state index contributed by atoms with van der Waals surface area (Å²) in [5.74, 6) is 0. The van der Waals surface area contributed by atoms with E-state index in [1.165, 1.54) is 5.56 Å². The van der Waals surface area contributed by atoms with Gasteiger partial charge in [-0.15, -0.1) is 0 Å². The fourth-order valence-electron chi connectivity index (χ4n) is 2.90. The summed E-state index contributed by atoms with van der Waals surface area (Å²) in [6, 6.07) is 10.2. The lowest BCUT2D eigenvalue weighted by Gasteiger charge is -2.21. The van der Waals surface area contributed by atoms with Crippen molar-refractivity contribution in [3.05, 3.63) is 48.3 Å². The highest BCUT2D eigenvalue weighted by Crippen LogP contribution is 2.22. The van der Waals surface area contributed by atoms with Gasteiger partial charge in [0, 0.05) is 24.8 Å². The molecule has 0 aliphatic carbocycles. The van der Waals surface area contributed by atoms with Gasteiger partial charge in [-0.05, 0) is 44.9 Å². The van der Waals surface area contributed by atoms with E-state index in [0.717, 1.165) is 44.6 Å². The largest absolute Gasteiger partial charge is 0.390 e. The van der Waals surface area contributed by atoms with Gasteiger partial charge in [-0.2, -0.15) is 5.10 Å². The van der Waals surface area contributed by atoms with Gasteiger partial charge in [0.25, 0.3) is 0 Å². The molecule has 1 unspecified atom stereocenters. The molecule has 1 fully saturated rings. The Morgan fingerprint density at radius 3 is 2.81 bits per heavy atom. The summed E-state index contributed by atoms with van der Waals surface area (Å²) >= 11 is 0. The zero-order valence-electron chi connectivity index (χ0n) is 12.6. The predicted molar refractivity (Wildman–Crippen MR) is 83.3 cm³/mol. The third kappa shape index (κ3) is 3.71. The van der Waals surface area contributed by atoms with Crippen LogP contribution in [0.1, 0.15) is 31.7 Å². The van der Waals surface area contributed by atoms with Crippen LogP contribution in [0.3, 0.4) is 0 Å². The Bertz CT molecular complexity index is 577. The Morgan fingerprint density at radius 2 is 2.00 bits per heavy atom. The van der Waals surface area contributed by atoms with Gasteiger partial charge >= 0.3 is 0 Å². The number of hydrogen-bond acceptors (Lipinski definition) is 3. The number of nitrogens with zero attached hydrogens (tertiary/aromatic N) is 3. The molecule has 2 aromatic rings. The molecule has 0 radical (unpaired) electrons. The molecule has 0 spiro atoms. The fraction of sp³-hybridized carbons (Fsp3) is 0.471. The lowest BCUT2D eigenvalue weighted by Crippen LogP contribution is -2.28. The number of hydrogen-bond donors (Lipinski definition) is 1. The van der Waals surface area contributed by atoms with Crippen LogP contribution < -0.4 is 0 Å². The van der Waals surface area contributed by atoms with Crippen LogP contribution in [-0.2, 0) is 6.54 Å². The van der Waals surface area contributed by atoms with Gasteiger partial charge < -0.3 is 5.11 Å². The van der Waals surface area contributed by atoms with E-state index < -0.39 is 5.60 Å². The molecule has 3 rings (SSSR count). The van der Waals surface area contributed by atoms with Crippen molar-refractivity contribution in [1.82, 2.24) is 14.7 Å². The monoisotopic (exact) mass is 285 g/mol. The van der Waals surface area contributed by atoms with E-state index in [1.807, 2.05) is 36.0 Å². The van der Waals surface area contributed by atoms with E-state index in [4.69, 9.17) is 0 Å². The second-order valence-electron chi connectivity index (χ2n) is 6.26. The minimum Gasteiger partial charge on any atom is -0.390 e. The highest BCUT2D eigenvalue weighted by atomic mass is 16.3. The normalized spacial score (nSPS) is 23.9. The van der Waals surface area contributed by atoms with E-state index in [0.29, 0.717) is 0 Å². The van der Waals surface area contributed by atoms with Crippen LogP contribution in [-0.4, -0.2) is 38.5 Å². The maximum atomic E-state index is 10.1. The van der Waals surface area contributed by atoms with Crippen molar-refractivity contribution in [2.24, 2.45) is 0 Å². The van der Waals surface area contributed by atoms with Crippen LogP contribution in [0.4, 0.5) is 0 Å². The molecule has 1 saturated heterocycles. The summed E-state index contributed by atoms with van der Waals surface area (Å²) in [5.41, 5.74) is 1.81. The average molecular weight is 285 g/mol. The summed E-state index contributed by atoms with van der Waals surface area (Å²) in [7, 11) is 0. The maximum absolute atomic E-state index is 10.1. The fourth-order valence-corrected chi connectivity index (χ4v) is 2.90. The van der Waals surface area contributed by atoms with Crippen LogP contribution in [0.2, 0.25) is 0 Å². The molecule has 2 heterocycles. The van der Waals surface area contributed by atoms with Gasteiger partial charge in [0.05, 0.1) is 17.5 Å². The summed E-state index contributed by atoms with van der Waals surface area (Å²) in [5, 5.41) is 14.6. The van der Waals surface area contributed by atoms with Crippen LogP contribution in [0, 0.1) is 0 Å². The molecular weight excluding hydrogens is 262 g/mol. The van der Waals surface area contributed by atoms with Gasteiger partial charge in [-0.3, -0.25) is 4.90 Å². The molecule has 4 heteroatoms.